The lowest BCUT2D eigenvalue weighted by atomic mass is 10.2. The van der Waals surface area contributed by atoms with Gasteiger partial charge in [0.25, 0.3) is 5.56 Å². The van der Waals surface area contributed by atoms with Gasteiger partial charge in [0.1, 0.15) is 16.5 Å². The Balaban J connectivity index is 1.69. The molecule has 0 amide bonds. The van der Waals surface area contributed by atoms with E-state index in [1.807, 2.05) is 29.8 Å². The van der Waals surface area contributed by atoms with Crippen molar-refractivity contribution in [2.45, 2.75) is 17.1 Å². The van der Waals surface area contributed by atoms with Crippen LogP contribution in [0.15, 0.2) is 56.8 Å². The lowest BCUT2D eigenvalue weighted by Gasteiger charge is -2.10. The Labute approximate surface area is 155 Å². The summed E-state index contributed by atoms with van der Waals surface area (Å²) in [5, 5.41) is 4.58. The molecule has 3 heterocycles. The van der Waals surface area contributed by atoms with Crippen LogP contribution in [0.2, 0.25) is 0 Å². The third-order valence-electron chi connectivity index (χ3n) is 3.76. The largest absolute Gasteiger partial charge is 0.309 e. The highest BCUT2D eigenvalue weighted by Gasteiger charge is 2.17. The number of H-pyrrole nitrogens is 1. The van der Waals surface area contributed by atoms with Crippen LogP contribution in [0.4, 0.5) is 4.39 Å². The fourth-order valence-electron chi connectivity index (χ4n) is 2.54. The summed E-state index contributed by atoms with van der Waals surface area (Å²) in [7, 11) is 0. The van der Waals surface area contributed by atoms with E-state index in [1.54, 1.807) is 23.5 Å². The van der Waals surface area contributed by atoms with Gasteiger partial charge in [-0.15, -0.1) is 34.4 Å². The Morgan fingerprint density at radius 2 is 2.00 bits per heavy atom. The first-order valence-electron chi connectivity index (χ1n) is 7.59. The number of nitrogens with one attached hydrogen (secondary N) is 1. The minimum absolute atomic E-state index is 0.0464. The van der Waals surface area contributed by atoms with E-state index in [1.165, 1.54) is 35.2 Å². The molecule has 1 aromatic carbocycles. The van der Waals surface area contributed by atoms with Gasteiger partial charge in [-0.25, -0.2) is 9.37 Å². The maximum absolute atomic E-state index is 13.0. The molecule has 0 fully saturated rings. The average Bonchev–Trinajstić information content (AvgIpc) is 3.25. The quantitative estimate of drug-likeness (QED) is 0.456. The van der Waals surface area contributed by atoms with Crippen LogP contribution in [0, 0.1) is 5.82 Å². The molecule has 3 aromatic heterocycles. The van der Waals surface area contributed by atoms with Crippen molar-refractivity contribution in [3.8, 4) is 10.4 Å². The van der Waals surface area contributed by atoms with E-state index in [2.05, 4.69) is 9.97 Å². The summed E-state index contributed by atoms with van der Waals surface area (Å²) >= 11 is 4.63. The molecule has 0 aliphatic carbocycles. The van der Waals surface area contributed by atoms with Crippen molar-refractivity contribution in [1.82, 2.24) is 9.97 Å². The molecule has 3 nitrogen and oxygen atoms in total. The predicted octanol–water partition coefficient (Wildman–Crippen LogP) is 5.71. The molecule has 0 spiro atoms. The number of hydrogen-bond acceptors (Lipinski definition) is 5. The van der Waals surface area contributed by atoms with E-state index in [-0.39, 0.29) is 16.6 Å². The Kier molecular flexibility index (Phi) is 4.45. The molecule has 0 saturated carbocycles. The first-order chi connectivity index (χ1) is 12.1. The molecule has 126 valence electrons. The second-order valence-electron chi connectivity index (χ2n) is 5.47. The van der Waals surface area contributed by atoms with Crippen molar-refractivity contribution in [2.75, 3.05) is 0 Å². The van der Waals surface area contributed by atoms with Crippen LogP contribution in [-0.4, -0.2) is 9.97 Å². The zero-order valence-electron chi connectivity index (χ0n) is 13.2. The summed E-state index contributed by atoms with van der Waals surface area (Å²) < 4.78 is 13.0. The summed E-state index contributed by atoms with van der Waals surface area (Å²) in [6.07, 6.45) is 0. The van der Waals surface area contributed by atoms with Gasteiger partial charge in [-0.3, -0.25) is 4.79 Å². The molecule has 4 aromatic rings. The lowest BCUT2D eigenvalue weighted by molar-refractivity contribution is 0.626. The first-order valence-corrected chi connectivity index (χ1v) is 10.2. The van der Waals surface area contributed by atoms with Gasteiger partial charge in [-0.1, -0.05) is 6.07 Å². The minimum atomic E-state index is -0.260. The topological polar surface area (TPSA) is 45.8 Å². The monoisotopic (exact) mass is 388 g/mol. The van der Waals surface area contributed by atoms with Crippen LogP contribution < -0.4 is 5.56 Å². The van der Waals surface area contributed by atoms with Gasteiger partial charge in [-0.05, 0) is 42.6 Å². The number of hydrogen-bond donors (Lipinski definition) is 1. The number of rotatable bonds is 4. The molecule has 1 N–H and O–H groups in total. The van der Waals surface area contributed by atoms with E-state index < -0.39 is 0 Å². The standard InChI is InChI=1S/C18H13FN2OS3/c1-10(25-12-6-4-11(19)5-7-12)16-20-17(22)15-13(9-24-18(15)21-16)14-3-2-8-23-14/h2-10H,1H3,(H,20,21,22)/t10-/m0/s1. The molecule has 0 aliphatic rings. The predicted molar refractivity (Wildman–Crippen MR) is 104 cm³/mol. The maximum atomic E-state index is 13.0. The van der Waals surface area contributed by atoms with Gasteiger partial charge in [0.05, 0.1) is 10.6 Å². The number of nitrogens with zero attached hydrogens (tertiary/aromatic N) is 1. The second kappa shape index (κ2) is 6.74. The van der Waals surface area contributed by atoms with Crippen LogP contribution in [0.1, 0.15) is 18.0 Å². The number of benzene rings is 1. The van der Waals surface area contributed by atoms with Crippen molar-refractivity contribution >= 4 is 44.7 Å². The minimum Gasteiger partial charge on any atom is -0.309 e. The fraction of sp³-hybridized carbons (Fsp3) is 0.111. The number of aromatic nitrogens is 2. The number of halogens is 1. The van der Waals surface area contributed by atoms with Crippen molar-refractivity contribution in [3.63, 3.8) is 0 Å². The fourth-order valence-corrected chi connectivity index (χ4v) is 5.24. The molecule has 0 unspecified atom stereocenters. The van der Waals surface area contributed by atoms with Crippen LogP contribution >= 0.6 is 34.4 Å². The molecule has 7 heteroatoms. The normalized spacial score (nSPS) is 12.6. The third kappa shape index (κ3) is 3.27. The highest BCUT2D eigenvalue weighted by atomic mass is 32.2. The van der Waals surface area contributed by atoms with Gasteiger partial charge in [0.15, 0.2) is 0 Å². The van der Waals surface area contributed by atoms with E-state index in [4.69, 9.17) is 0 Å². The Hall–Kier alpha value is -1.96. The van der Waals surface area contributed by atoms with E-state index in [0.29, 0.717) is 11.2 Å². The van der Waals surface area contributed by atoms with Gasteiger partial charge in [-0.2, -0.15) is 0 Å². The Bertz CT molecular complexity index is 1070. The molecule has 1 atom stereocenters. The van der Waals surface area contributed by atoms with Crippen LogP contribution in [-0.2, 0) is 0 Å². The number of thioether (sulfide) groups is 1. The number of thiophene rings is 2. The van der Waals surface area contributed by atoms with Crippen molar-refractivity contribution in [3.05, 3.63) is 69.2 Å². The number of fused-ring (bicyclic) bond motifs is 1. The van der Waals surface area contributed by atoms with E-state index in [0.717, 1.165) is 20.2 Å². The molecule has 25 heavy (non-hydrogen) atoms. The van der Waals surface area contributed by atoms with Crippen molar-refractivity contribution in [1.29, 1.82) is 0 Å². The summed E-state index contributed by atoms with van der Waals surface area (Å²) in [5.41, 5.74) is 0.824. The van der Waals surface area contributed by atoms with E-state index >= 15 is 0 Å². The summed E-state index contributed by atoms with van der Waals surface area (Å²) in [6.45, 7) is 1.98. The van der Waals surface area contributed by atoms with Crippen LogP contribution in [0.5, 0.6) is 0 Å². The SMILES string of the molecule is C[C@H](Sc1ccc(F)cc1)c1nc2scc(-c3cccs3)c2c(=O)[nH]1. The molecular weight excluding hydrogens is 375 g/mol. The van der Waals surface area contributed by atoms with Gasteiger partial charge in [0.2, 0.25) is 0 Å². The summed E-state index contributed by atoms with van der Waals surface area (Å²) in [5.74, 6) is 0.371. The second-order valence-corrected chi connectivity index (χ2v) is 8.69. The zero-order chi connectivity index (χ0) is 17.4. The summed E-state index contributed by atoms with van der Waals surface area (Å²) in [4.78, 5) is 23.0. The van der Waals surface area contributed by atoms with Gasteiger partial charge >= 0.3 is 0 Å². The Morgan fingerprint density at radius 3 is 2.72 bits per heavy atom. The van der Waals surface area contributed by atoms with E-state index in [9.17, 15) is 9.18 Å². The molecule has 4 rings (SSSR count). The van der Waals surface area contributed by atoms with Crippen LogP contribution in [0.3, 0.4) is 0 Å². The van der Waals surface area contributed by atoms with Crippen molar-refractivity contribution < 1.29 is 4.39 Å². The highest BCUT2D eigenvalue weighted by Crippen LogP contribution is 2.36. The zero-order valence-corrected chi connectivity index (χ0v) is 15.6. The van der Waals surface area contributed by atoms with Crippen molar-refractivity contribution in [2.24, 2.45) is 0 Å². The maximum Gasteiger partial charge on any atom is 0.260 e. The third-order valence-corrected chi connectivity index (χ3v) is 6.66. The van der Waals surface area contributed by atoms with Crippen LogP contribution in [0.25, 0.3) is 20.7 Å². The molecule has 0 bridgehead atoms. The molecule has 0 radical (unpaired) electrons. The molecule has 0 saturated heterocycles. The van der Waals surface area contributed by atoms with Gasteiger partial charge < -0.3 is 4.98 Å². The van der Waals surface area contributed by atoms with Gasteiger partial charge in [0, 0.05) is 20.7 Å². The average molecular weight is 389 g/mol. The first kappa shape index (κ1) is 16.5. The lowest BCUT2D eigenvalue weighted by Crippen LogP contribution is -2.12. The molecular formula is C18H13FN2OS3. The smallest absolute Gasteiger partial charge is 0.260 e. The Morgan fingerprint density at radius 1 is 1.20 bits per heavy atom. The summed E-state index contributed by atoms with van der Waals surface area (Å²) in [6, 6.07) is 10.3. The highest BCUT2D eigenvalue weighted by molar-refractivity contribution is 7.99. The molecule has 0 aliphatic heterocycles. The number of aromatic amines is 1.